The molecular weight excluding hydrogens is 237 g/mol. The van der Waals surface area contributed by atoms with Crippen LogP contribution in [-0.2, 0) is 9.47 Å². The Morgan fingerprint density at radius 2 is 1.67 bits per heavy atom. The van der Waals surface area contributed by atoms with Crippen molar-refractivity contribution in [1.29, 1.82) is 0 Å². The maximum atomic E-state index is 5.85. The van der Waals surface area contributed by atoms with Gasteiger partial charge in [0.05, 0.1) is 6.54 Å². The normalized spacial score (nSPS) is 10.7. The minimum atomic E-state index is -0.289. The zero-order valence-corrected chi connectivity index (χ0v) is 10.1. The van der Waals surface area contributed by atoms with Crippen LogP contribution in [0.25, 0.3) is 0 Å². The van der Waals surface area contributed by atoms with Gasteiger partial charge in [-0.25, -0.2) is 0 Å². The van der Waals surface area contributed by atoms with Crippen LogP contribution in [0.4, 0.5) is 5.69 Å². The molecule has 0 aliphatic heterocycles. The Labute approximate surface area is 99.3 Å². The van der Waals surface area contributed by atoms with Crippen LogP contribution in [-0.4, -0.2) is 27.1 Å². The van der Waals surface area contributed by atoms with Crippen LogP contribution in [0, 0.1) is 0 Å². The molecule has 84 valence electrons. The van der Waals surface area contributed by atoms with Gasteiger partial charge in [0.2, 0.25) is 0 Å². The minimum absolute atomic E-state index is 0.289. The fraction of sp³-hybridized carbons (Fsp3) is 0.400. The number of halogens is 2. The van der Waals surface area contributed by atoms with Gasteiger partial charge in [-0.2, -0.15) is 0 Å². The quantitative estimate of drug-likeness (QED) is 0.815. The zero-order chi connectivity index (χ0) is 11.3. The summed E-state index contributed by atoms with van der Waals surface area (Å²) in [6, 6.07) is 5.25. The van der Waals surface area contributed by atoms with Gasteiger partial charge in [0.25, 0.3) is 0 Å². The van der Waals surface area contributed by atoms with E-state index in [1.165, 1.54) is 0 Å². The van der Waals surface area contributed by atoms with Crippen molar-refractivity contribution in [2.75, 3.05) is 26.1 Å². The van der Waals surface area contributed by atoms with Crippen molar-refractivity contribution in [2.45, 2.75) is 6.29 Å². The van der Waals surface area contributed by atoms with Crippen molar-refractivity contribution in [2.24, 2.45) is 0 Å². The summed E-state index contributed by atoms with van der Waals surface area (Å²) in [5, 5.41) is 4.30. The molecule has 0 saturated carbocycles. The average Bonchev–Trinajstić information content (AvgIpc) is 2.18. The lowest BCUT2D eigenvalue weighted by Gasteiger charge is -2.15. The summed E-state index contributed by atoms with van der Waals surface area (Å²) in [5.41, 5.74) is 0.839. The first-order valence-corrected chi connectivity index (χ1v) is 5.17. The molecule has 1 aromatic carbocycles. The van der Waals surface area contributed by atoms with Gasteiger partial charge in [0.15, 0.2) is 6.29 Å². The minimum Gasteiger partial charge on any atom is -0.380 e. The van der Waals surface area contributed by atoms with E-state index >= 15 is 0 Å². The first-order valence-electron chi connectivity index (χ1n) is 4.41. The van der Waals surface area contributed by atoms with E-state index < -0.39 is 0 Å². The largest absolute Gasteiger partial charge is 0.380 e. The van der Waals surface area contributed by atoms with Gasteiger partial charge in [0, 0.05) is 30.0 Å². The number of anilines is 1. The van der Waals surface area contributed by atoms with E-state index in [4.69, 9.17) is 32.7 Å². The summed E-state index contributed by atoms with van der Waals surface area (Å²) < 4.78 is 10.1. The Morgan fingerprint density at radius 1 is 1.13 bits per heavy atom. The Hall–Kier alpha value is -0.480. The summed E-state index contributed by atoms with van der Waals surface area (Å²) in [7, 11) is 3.17. The maximum absolute atomic E-state index is 5.85. The molecule has 1 N–H and O–H groups in total. The van der Waals surface area contributed by atoms with Crippen LogP contribution in [0.5, 0.6) is 0 Å². The Balaban J connectivity index is 2.57. The third kappa shape index (κ3) is 4.26. The van der Waals surface area contributed by atoms with E-state index in [2.05, 4.69) is 5.32 Å². The molecule has 1 aromatic rings. The number of rotatable bonds is 5. The van der Waals surface area contributed by atoms with E-state index in [0.717, 1.165) is 5.69 Å². The lowest BCUT2D eigenvalue weighted by atomic mass is 10.3. The lowest BCUT2D eigenvalue weighted by molar-refractivity contribution is -0.0914. The highest BCUT2D eigenvalue weighted by atomic mass is 35.5. The van der Waals surface area contributed by atoms with Gasteiger partial charge in [-0.15, -0.1) is 0 Å². The van der Waals surface area contributed by atoms with Crippen molar-refractivity contribution in [1.82, 2.24) is 0 Å². The molecule has 3 nitrogen and oxygen atoms in total. The molecule has 0 bridgehead atoms. The molecule has 1 rings (SSSR count). The summed E-state index contributed by atoms with van der Waals surface area (Å²) >= 11 is 11.7. The maximum Gasteiger partial charge on any atom is 0.173 e. The Morgan fingerprint density at radius 3 is 2.13 bits per heavy atom. The molecule has 0 spiro atoms. The molecule has 0 amide bonds. The summed E-state index contributed by atoms with van der Waals surface area (Å²) in [5.74, 6) is 0. The third-order valence-electron chi connectivity index (χ3n) is 1.86. The molecule has 0 aliphatic carbocycles. The van der Waals surface area contributed by atoms with Crippen molar-refractivity contribution >= 4 is 28.9 Å². The predicted molar refractivity (Wildman–Crippen MR) is 62.8 cm³/mol. The molecule has 0 aliphatic rings. The number of benzene rings is 1. The van der Waals surface area contributed by atoms with Crippen LogP contribution < -0.4 is 5.32 Å². The third-order valence-corrected chi connectivity index (χ3v) is 2.30. The molecule has 0 atom stereocenters. The van der Waals surface area contributed by atoms with Crippen molar-refractivity contribution in [3.8, 4) is 0 Å². The molecule has 15 heavy (non-hydrogen) atoms. The second kappa shape index (κ2) is 6.18. The number of ether oxygens (including phenoxy) is 2. The van der Waals surface area contributed by atoms with E-state index in [-0.39, 0.29) is 6.29 Å². The summed E-state index contributed by atoms with van der Waals surface area (Å²) in [6.07, 6.45) is -0.289. The molecule has 5 heteroatoms. The second-order valence-electron chi connectivity index (χ2n) is 2.94. The van der Waals surface area contributed by atoms with Gasteiger partial charge in [-0.05, 0) is 18.2 Å². The monoisotopic (exact) mass is 249 g/mol. The van der Waals surface area contributed by atoms with Crippen molar-refractivity contribution in [3.63, 3.8) is 0 Å². The van der Waals surface area contributed by atoms with Crippen LogP contribution in [0.15, 0.2) is 18.2 Å². The molecule has 0 heterocycles. The van der Waals surface area contributed by atoms with Gasteiger partial charge in [0.1, 0.15) is 0 Å². The average molecular weight is 250 g/mol. The second-order valence-corrected chi connectivity index (χ2v) is 3.81. The van der Waals surface area contributed by atoms with Crippen LogP contribution in [0.1, 0.15) is 0 Å². The molecular formula is C10H13Cl2NO2. The zero-order valence-electron chi connectivity index (χ0n) is 8.59. The fourth-order valence-electron chi connectivity index (χ4n) is 1.12. The van der Waals surface area contributed by atoms with E-state index in [1.807, 2.05) is 0 Å². The van der Waals surface area contributed by atoms with Gasteiger partial charge >= 0.3 is 0 Å². The van der Waals surface area contributed by atoms with E-state index in [0.29, 0.717) is 16.6 Å². The Bertz CT molecular complexity index is 296. The van der Waals surface area contributed by atoms with Crippen LogP contribution >= 0.6 is 23.2 Å². The molecule has 0 fully saturated rings. The highest BCUT2D eigenvalue weighted by molar-refractivity contribution is 6.35. The van der Waals surface area contributed by atoms with E-state index in [1.54, 1.807) is 32.4 Å². The Kier molecular flexibility index (Phi) is 5.19. The SMILES string of the molecule is COC(CNc1cc(Cl)cc(Cl)c1)OC. The number of hydrogen-bond donors (Lipinski definition) is 1. The molecule has 0 unspecified atom stereocenters. The first kappa shape index (κ1) is 12.6. The highest BCUT2D eigenvalue weighted by Gasteiger charge is 2.04. The fourth-order valence-corrected chi connectivity index (χ4v) is 1.65. The highest BCUT2D eigenvalue weighted by Crippen LogP contribution is 2.22. The van der Waals surface area contributed by atoms with Gasteiger partial charge in [-0.3, -0.25) is 0 Å². The molecule has 0 aromatic heterocycles. The summed E-state index contributed by atoms with van der Waals surface area (Å²) in [4.78, 5) is 0. The first-order chi connectivity index (χ1) is 7.15. The van der Waals surface area contributed by atoms with Gasteiger partial charge in [-0.1, -0.05) is 23.2 Å². The van der Waals surface area contributed by atoms with Crippen LogP contribution in [0.3, 0.4) is 0 Å². The smallest absolute Gasteiger partial charge is 0.173 e. The number of methoxy groups -OCH3 is 2. The van der Waals surface area contributed by atoms with Crippen LogP contribution in [0.2, 0.25) is 10.0 Å². The number of nitrogens with one attached hydrogen (secondary N) is 1. The van der Waals surface area contributed by atoms with Crippen molar-refractivity contribution in [3.05, 3.63) is 28.2 Å². The molecule has 0 radical (unpaired) electrons. The topological polar surface area (TPSA) is 30.5 Å². The lowest BCUT2D eigenvalue weighted by Crippen LogP contribution is -2.23. The summed E-state index contributed by atoms with van der Waals surface area (Å²) in [6.45, 7) is 0.531. The van der Waals surface area contributed by atoms with E-state index in [9.17, 15) is 0 Å². The standard InChI is InChI=1S/C10H13Cl2NO2/c1-14-10(15-2)6-13-9-4-7(11)3-8(12)5-9/h3-5,10,13H,6H2,1-2H3. The predicted octanol–water partition coefficient (Wildman–Crippen LogP) is 3.02. The number of hydrogen-bond acceptors (Lipinski definition) is 3. The van der Waals surface area contributed by atoms with Gasteiger partial charge < -0.3 is 14.8 Å². The molecule has 0 saturated heterocycles. The van der Waals surface area contributed by atoms with Crippen molar-refractivity contribution < 1.29 is 9.47 Å².